The number of hydrogen-bond acceptors (Lipinski definition) is 1. The van der Waals surface area contributed by atoms with Crippen molar-refractivity contribution in [3.63, 3.8) is 0 Å². The molecule has 0 aliphatic rings. The Labute approximate surface area is 181 Å². The van der Waals surface area contributed by atoms with Gasteiger partial charge in [-0.3, -0.25) is 4.79 Å². The van der Waals surface area contributed by atoms with E-state index < -0.39 is 0 Å². The Morgan fingerprint density at radius 1 is 0.516 bits per heavy atom. The van der Waals surface area contributed by atoms with Crippen LogP contribution in [0.4, 0.5) is 0 Å². The first-order chi connectivity index (χ1) is 15.3. The number of benzene rings is 4. The van der Waals surface area contributed by atoms with Crippen LogP contribution in [-0.2, 0) is 0 Å². The Balaban J connectivity index is 1.71. The Morgan fingerprint density at radius 2 is 1.13 bits per heavy atom. The van der Waals surface area contributed by atoms with Crippen molar-refractivity contribution in [2.75, 3.05) is 0 Å². The van der Waals surface area contributed by atoms with E-state index in [0.29, 0.717) is 5.56 Å². The monoisotopic (exact) mass is 399 g/mol. The molecule has 1 heterocycles. The Bertz CT molecular complexity index is 1280. The molecule has 0 radical (unpaired) electrons. The summed E-state index contributed by atoms with van der Waals surface area (Å²) in [6, 6.07) is 39.1. The molecule has 0 saturated heterocycles. The lowest BCUT2D eigenvalue weighted by Gasteiger charge is -2.09. The van der Waals surface area contributed by atoms with Crippen LogP contribution in [0.1, 0.15) is 10.4 Å². The van der Waals surface area contributed by atoms with Crippen LogP contribution >= 0.6 is 0 Å². The summed E-state index contributed by atoms with van der Waals surface area (Å²) in [7, 11) is 0. The maximum atomic E-state index is 11.3. The lowest BCUT2D eigenvalue weighted by atomic mass is 9.96. The molecule has 4 aromatic carbocycles. The molecule has 5 aromatic rings. The van der Waals surface area contributed by atoms with Crippen LogP contribution in [-0.4, -0.2) is 11.3 Å². The van der Waals surface area contributed by atoms with E-state index in [1.807, 2.05) is 48.5 Å². The fourth-order valence-electron chi connectivity index (χ4n) is 4.03. The molecule has 31 heavy (non-hydrogen) atoms. The second kappa shape index (κ2) is 8.29. The fraction of sp³-hybridized carbons (Fsp3) is 0. The largest absolute Gasteiger partial charge is 0.354 e. The molecule has 0 atom stereocenters. The first-order valence-electron chi connectivity index (χ1n) is 10.3. The summed E-state index contributed by atoms with van der Waals surface area (Å²) in [5, 5.41) is 0. The molecule has 1 aromatic heterocycles. The summed E-state index contributed by atoms with van der Waals surface area (Å²) in [4.78, 5) is 15.0. The minimum absolute atomic E-state index is 0.675. The van der Waals surface area contributed by atoms with Gasteiger partial charge in [-0.2, -0.15) is 0 Å². The fourth-order valence-corrected chi connectivity index (χ4v) is 4.03. The van der Waals surface area contributed by atoms with Crippen molar-refractivity contribution < 1.29 is 4.79 Å². The number of rotatable bonds is 5. The van der Waals surface area contributed by atoms with Crippen LogP contribution in [0.3, 0.4) is 0 Å². The summed E-state index contributed by atoms with van der Waals surface area (Å²) in [5.41, 5.74) is 9.52. The number of aromatic amines is 1. The molecule has 2 nitrogen and oxygen atoms in total. The van der Waals surface area contributed by atoms with Crippen molar-refractivity contribution >= 4 is 6.29 Å². The predicted octanol–water partition coefficient (Wildman–Crippen LogP) is 7.50. The average Bonchev–Trinajstić information content (AvgIpc) is 3.31. The van der Waals surface area contributed by atoms with Gasteiger partial charge in [-0.1, -0.05) is 103 Å². The molecule has 0 unspecified atom stereocenters. The first kappa shape index (κ1) is 18.8. The smallest absolute Gasteiger partial charge is 0.150 e. The quantitative estimate of drug-likeness (QED) is 0.305. The van der Waals surface area contributed by atoms with Gasteiger partial charge in [0.25, 0.3) is 0 Å². The van der Waals surface area contributed by atoms with E-state index in [1.54, 1.807) is 0 Å². The summed E-state index contributed by atoms with van der Waals surface area (Å²) in [6.07, 6.45) is 0.891. The number of H-pyrrole nitrogens is 1. The molecule has 5 rings (SSSR count). The van der Waals surface area contributed by atoms with Gasteiger partial charge in [0.1, 0.15) is 6.29 Å². The summed E-state index contributed by atoms with van der Waals surface area (Å²) >= 11 is 0. The number of nitrogens with one attached hydrogen (secondary N) is 1. The van der Waals surface area contributed by atoms with Crippen molar-refractivity contribution in [3.8, 4) is 44.8 Å². The standard InChI is InChI=1S/C29H21NO/c31-20-21-10-9-15-24(18-21)25-16-7-8-17-26(25)28-19-27(22-11-3-1-4-12-22)29(30-28)23-13-5-2-6-14-23/h1-20,30H. The second-order valence-electron chi connectivity index (χ2n) is 7.49. The van der Waals surface area contributed by atoms with Crippen LogP contribution < -0.4 is 0 Å². The molecular weight excluding hydrogens is 378 g/mol. The first-order valence-corrected chi connectivity index (χ1v) is 10.3. The van der Waals surface area contributed by atoms with Crippen molar-refractivity contribution in [3.05, 3.63) is 121 Å². The van der Waals surface area contributed by atoms with Gasteiger partial charge in [0.2, 0.25) is 0 Å². The van der Waals surface area contributed by atoms with E-state index in [1.165, 1.54) is 11.1 Å². The Kier molecular flexibility index (Phi) is 5.04. The number of aldehydes is 1. The zero-order valence-electron chi connectivity index (χ0n) is 17.0. The zero-order chi connectivity index (χ0) is 21.0. The van der Waals surface area contributed by atoms with Gasteiger partial charge in [0.15, 0.2) is 0 Å². The third-order valence-electron chi connectivity index (χ3n) is 5.52. The molecular formula is C29H21NO. The molecule has 0 fully saturated rings. The number of carbonyl (C=O) groups excluding carboxylic acids is 1. The Hall–Kier alpha value is -4.17. The van der Waals surface area contributed by atoms with E-state index >= 15 is 0 Å². The van der Waals surface area contributed by atoms with Crippen molar-refractivity contribution in [1.29, 1.82) is 0 Å². The number of hydrogen-bond donors (Lipinski definition) is 1. The van der Waals surface area contributed by atoms with Crippen molar-refractivity contribution in [2.24, 2.45) is 0 Å². The van der Waals surface area contributed by atoms with E-state index in [0.717, 1.165) is 39.9 Å². The maximum Gasteiger partial charge on any atom is 0.150 e. The van der Waals surface area contributed by atoms with Gasteiger partial charge in [-0.05, 0) is 34.4 Å². The molecule has 0 bridgehead atoms. The molecule has 1 N–H and O–H groups in total. The summed E-state index contributed by atoms with van der Waals surface area (Å²) < 4.78 is 0. The normalized spacial score (nSPS) is 10.7. The van der Waals surface area contributed by atoms with Crippen LogP contribution in [0.5, 0.6) is 0 Å². The molecule has 0 aliphatic carbocycles. The van der Waals surface area contributed by atoms with Gasteiger partial charge < -0.3 is 4.98 Å². The predicted molar refractivity (Wildman–Crippen MR) is 128 cm³/mol. The van der Waals surface area contributed by atoms with Crippen molar-refractivity contribution in [1.82, 2.24) is 4.98 Å². The lowest BCUT2D eigenvalue weighted by Crippen LogP contribution is -1.87. The number of carbonyl (C=O) groups is 1. The van der Waals surface area contributed by atoms with E-state index in [4.69, 9.17) is 0 Å². The highest BCUT2D eigenvalue weighted by molar-refractivity contribution is 5.90. The molecule has 0 saturated carbocycles. The minimum atomic E-state index is 0.675. The van der Waals surface area contributed by atoms with E-state index in [9.17, 15) is 4.79 Å². The van der Waals surface area contributed by atoms with Gasteiger partial charge in [0, 0.05) is 22.4 Å². The maximum absolute atomic E-state index is 11.3. The highest BCUT2D eigenvalue weighted by Crippen LogP contribution is 2.39. The Morgan fingerprint density at radius 3 is 1.84 bits per heavy atom. The van der Waals surface area contributed by atoms with Gasteiger partial charge in [-0.15, -0.1) is 0 Å². The average molecular weight is 399 g/mol. The third kappa shape index (κ3) is 3.72. The second-order valence-corrected chi connectivity index (χ2v) is 7.49. The highest BCUT2D eigenvalue weighted by atomic mass is 16.1. The van der Waals surface area contributed by atoms with Gasteiger partial charge in [-0.25, -0.2) is 0 Å². The van der Waals surface area contributed by atoms with Crippen LogP contribution in [0.15, 0.2) is 115 Å². The summed E-state index contributed by atoms with van der Waals surface area (Å²) in [5.74, 6) is 0. The van der Waals surface area contributed by atoms with Crippen LogP contribution in [0, 0.1) is 0 Å². The van der Waals surface area contributed by atoms with E-state index in [-0.39, 0.29) is 0 Å². The zero-order valence-corrected chi connectivity index (χ0v) is 17.0. The van der Waals surface area contributed by atoms with Gasteiger partial charge in [0.05, 0.1) is 5.69 Å². The van der Waals surface area contributed by atoms with Crippen molar-refractivity contribution in [2.45, 2.75) is 0 Å². The topological polar surface area (TPSA) is 32.9 Å². The SMILES string of the molecule is O=Cc1cccc(-c2ccccc2-c2cc(-c3ccccc3)c(-c3ccccc3)[nH]2)c1. The summed E-state index contributed by atoms with van der Waals surface area (Å²) in [6.45, 7) is 0. The lowest BCUT2D eigenvalue weighted by molar-refractivity contribution is 0.112. The molecule has 148 valence electrons. The molecule has 0 aliphatic heterocycles. The van der Waals surface area contributed by atoms with Crippen LogP contribution in [0.25, 0.3) is 44.8 Å². The molecule has 2 heteroatoms. The minimum Gasteiger partial charge on any atom is -0.354 e. The van der Waals surface area contributed by atoms with Crippen LogP contribution in [0.2, 0.25) is 0 Å². The molecule has 0 amide bonds. The van der Waals surface area contributed by atoms with E-state index in [2.05, 4.69) is 71.7 Å². The number of aromatic nitrogens is 1. The molecule has 0 spiro atoms. The highest BCUT2D eigenvalue weighted by Gasteiger charge is 2.15. The third-order valence-corrected chi connectivity index (χ3v) is 5.52. The van der Waals surface area contributed by atoms with Gasteiger partial charge >= 0.3 is 0 Å².